The second-order valence-electron chi connectivity index (χ2n) is 5.82. The number of nitrogens with zero attached hydrogens (tertiary/aromatic N) is 2. The van der Waals surface area contributed by atoms with Gasteiger partial charge in [0.2, 0.25) is 0 Å². The molecule has 0 radical (unpaired) electrons. The summed E-state index contributed by atoms with van der Waals surface area (Å²) in [5, 5.41) is 3.42. The normalized spacial score (nSPS) is 19.0. The highest BCUT2D eigenvalue weighted by Crippen LogP contribution is 2.16. The number of nitrogens with one attached hydrogen (secondary N) is 1. The molecule has 1 fully saturated rings. The summed E-state index contributed by atoms with van der Waals surface area (Å²) >= 11 is 0. The van der Waals surface area contributed by atoms with Gasteiger partial charge < -0.3 is 10.1 Å². The van der Waals surface area contributed by atoms with Crippen molar-refractivity contribution in [1.29, 1.82) is 0 Å². The summed E-state index contributed by atoms with van der Waals surface area (Å²) in [5.74, 6) is 0.904. The average molecular weight is 297 g/mol. The minimum Gasteiger partial charge on any atom is -0.489 e. The van der Waals surface area contributed by atoms with Crippen molar-refractivity contribution >= 4 is 0 Å². The summed E-state index contributed by atoms with van der Waals surface area (Å²) in [7, 11) is 0. The van der Waals surface area contributed by atoms with Crippen LogP contribution in [0.5, 0.6) is 5.75 Å². The van der Waals surface area contributed by atoms with Crippen LogP contribution in [0.2, 0.25) is 0 Å². The summed E-state index contributed by atoms with van der Waals surface area (Å²) in [5.41, 5.74) is 2.42. The van der Waals surface area contributed by atoms with Crippen LogP contribution >= 0.6 is 0 Å². The van der Waals surface area contributed by atoms with Crippen LogP contribution in [-0.4, -0.2) is 35.6 Å². The second-order valence-corrected chi connectivity index (χ2v) is 5.82. The van der Waals surface area contributed by atoms with Gasteiger partial charge in [-0.05, 0) is 30.7 Å². The van der Waals surface area contributed by atoms with Crippen molar-refractivity contribution in [3.8, 4) is 5.75 Å². The first kappa shape index (κ1) is 15.0. The maximum atomic E-state index is 5.79. The smallest absolute Gasteiger partial charge is 0.119 e. The Kier molecular flexibility index (Phi) is 5.03. The lowest BCUT2D eigenvalue weighted by Crippen LogP contribution is -2.49. The van der Waals surface area contributed by atoms with Gasteiger partial charge in [-0.15, -0.1) is 0 Å². The first-order valence-electron chi connectivity index (χ1n) is 7.87. The minimum absolute atomic E-state index is 0.558. The molecule has 1 saturated heterocycles. The molecule has 1 aromatic heterocycles. The Morgan fingerprint density at radius 3 is 2.82 bits per heavy atom. The number of benzene rings is 1. The molecule has 0 unspecified atom stereocenters. The van der Waals surface area contributed by atoms with Crippen molar-refractivity contribution in [2.45, 2.75) is 26.1 Å². The fraction of sp³-hybridized carbons (Fsp3) is 0.389. The van der Waals surface area contributed by atoms with E-state index in [4.69, 9.17) is 4.74 Å². The molecular weight excluding hydrogens is 274 g/mol. The molecule has 2 heterocycles. The number of aromatic nitrogens is 1. The summed E-state index contributed by atoms with van der Waals surface area (Å²) in [6, 6.07) is 13.0. The molecule has 0 spiro atoms. The molecule has 4 heteroatoms. The Balaban J connectivity index is 1.53. The minimum atomic E-state index is 0.558. The lowest BCUT2D eigenvalue weighted by atomic mass is 10.1. The average Bonchev–Trinajstić information content (AvgIpc) is 2.57. The van der Waals surface area contributed by atoms with Gasteiger partial charge in [-0.1, -0.05) is 18.2 Å². The molecular formula is C18H23N3O. The van der Waals surface area contributed by atoms with Crippen LogP contribution in [0.1, 0.15) is 18.1 Å². The zero-order chi connectivity index (χ0) is 15.2. The molecule has 116 valence electrons. The van der Waals surface area contributed by atoms with E-state index < -0.39 is 0 Å². The van der Waals surface area contributed by atoms with Crippen molar-refractivity contribution in [3.05, 3.63) is 59.9 Å². The van der Waals surface area contributed by atoms with E-state index in [0.717, 1.165) is 37.5 Å². The molecule has 1 aliphatic heterocycles. The van der Waals surface area contributed by atoms with Crippen molar-refractivity contribution in [1.82, 2.24) is 15.2 Å². The Morgan fingerprint density at radius 1 is 1.23 bits per heavy atom. The van der Waals surface area contributed by atoms with Crippen molar-refractivity contribution in [3.63, 3.8) is 0 Å². The van der Waals surface area contributed by atoms with Gasteiger partial charge in [0.05, 0.1) is 0 Å². The molecule has 22 heavy (non-hydrogen) atoms. The Bertz CT molecular complexity index is 571. The maximum Gasteiger partial charge on any atom is 0.119 e. The SMILES string of the molecule is C[C@H]1CNCCN1Cc1ccc(OCc2cccnc2)cc1. The van der Waals surface area contributed by atoms with Gasteiger partial charge >= 0.3 is 0 Å². The fourth-order valence-electron chi connectivity index (χ4n) is 2.69. The van der Waals surface area contributed by atoms with E-state index in [0.29, 0.717) is 12.6 Å². The Hall–Kier alpha value is -1.91. The van der Waals surface area contributed by atoms with Gasteiger partial charge in [-0.2, -0.15) is 0 Å². The molecule has 2 aromatic rings. The fourth-order valence-corrected chi connectivity index (χ4v) is 2.69. The third-order valence-electron chi connectivity index (χ3n) is 4.08. The predicted molar refractivity (Wildman–Crippen MR) is 87.8 cm³/mol. The largest absolute Gasteiger partial charge is 0.489 e. The highest BCUT2D eigenvalue weighted by atomic mass is 16.5. The molecule has 0 bridgehead atoms. The first-order valence-corrected chi connectivity index (χ1v) is 7.87. The third kappa shape index (κ3) is 4.06. The quantitative estimate of drug-likeness (QED) is 0.920. The first-order chi connectivity index (χ1) is 10.8. The number of pyridine rings is 1. The highest BCUT2D eigenvalue weighted by Gasteiger charge is 2.17. The molecule has 3 rings (SSSR count). The molecule has 1 N–H and O–H groups in total. The van der Waals surface area contributed by atoms with Crippen molar-refractivity contribution < 1.29 is 4.74 Å². The van der Waals surface area contributed by atoms with Crippen LogP contribution in [0.25, 0.3) is 0 Å². The Morgan fingerprint density at radius 2 is 2.09 bits per heavy atom. The number of piperazine rings is 1. The van der Waals surface area contributed by atoms with Gasteiger partial charge in [-0.25, -0.2) is 0 Å². The molecule has 1 atom stereocenters. The van der Waals surface area contributed by atoms with E-state index in [-0.39, 0.29) is 0 Å². The van der Waals surface area contributed by atoms with Gasteiger partial charge in [0.15, 0.2) is 0 Å². The number of hydrogen-bond acceptors (Lipinski definition) is 4. The molecule has 4 nitrogen and oxygen atoms in total. The van der Waals surface area contributed by atoms with E-state index in [1.165, 1.54) is 5.56 Å². The molecule has 0 saturated carbocycles. The van der Waals surface area contributed by atoms with Crippen molar-refractivity contribution in [2.75, 3.05) is 19.6 Å². The molecule has 1 aromatic carbocycles. The number of rotatable bonds is 5. The lowest BCUT2D eigenvalue weighted by Gasteiger charge is -2.33. The van der Waals surface area contributed by atoms with E-state index in [2.05, 4.69) is 46.4 Å². The second kappa shape index (κ2) is 7.38. The van der Waals surface area contributed by atoms with Gasteiger partial charge in [0.25, 0.3) is 0 Å². The van der Waals surface area contributed by atoms with Crippen LogP contribution in [-0.2, 0) is 13.2 Å². The van der Waals surface area contributed by atoms with Crippen LogP contribution in [0.4, 0.5) is 0 Å². The maximum absolute atomic E-state index is 5.79. The summed E-state index contributed by atoms with van der Waals surface area (Å²) in [4.78, 5) is 6.61. The van der Waals surface area contributed by atoms with Crippen LogP contribution in [0, 0.1) is 0 Å². The van der Waals surface area contributed by atoms with Crippen LogP contribution in [0.15, 0.2) is 48.8 Å². The number of hydrogen-bond donors (Lipinski definition) is 1. The predicted octanol–water partition coefficient (Wildman–Crippen LogP) is 2.45. The van der Waals surface area contributed by atoms with Gasteiger partial charge in [-0.3, -0.25) is 9.88 Å². The Labute approximate surface area is 132 Å². The highest BCUT2D eigenvalue weighted by molar-refractivity contribution is 5.27. The van der Waals surface area contributed by atoms with Crippen LogP contribution in [0.3, 0.4) is 0 Å². The molecule has 1 aliphatic rings. The van der Waals surface area contributed by atoms with Gasteiger partial charge in [0, 0.05) is 50.2 Å². The van der Waals surface area contributed by atoms with E-state index in [1.54, 1.807) is 6.20 Å². The zero-order valence-corrected chi connectivity index (χ0v) is 13.0. The monoisotopic (exact) mass is 297 g/mol. The van der Waals surface area contributed by atoms with Gasteiger partial charge in [0.1, 0.15) is 12.4 Å². The summed E-state index contributed by atoms with van der Waals surface area (Å²) in [6.07, 6.45) is 3.61. The number of ether oxygens (including phenoxy) is 1. The summed E-state index contributed by atoms with van der Waals surface area (Å²) < 4.78 is 5.79. The topological polar surface area (TPSA) is 37.4 Å². The standard InChI is InChI=1S/C18H23N3O/c1-15-11-20-9-10-21(15)13-16-4-6-18(7-5-16)22-14-17-3-2-8-19-12-17/h2-8,12,15,20H,9-11,13-14H2,1H3/t15-/m0/s1. The third-order valence-corrected chi connectivity index (χ3v) is 4.08. The van der Waals surface area contributed by atoms with E-state index >= 15 is 0 Å². The van der Waals surface area contributed by atoms with E-state index in [1.807, 2.05) is 18.3 Å². The lowest BCUT2D eigenvalue weighted by molar-refractivity contribution is 0.165. The zero-order valence-electron chi connectivity index (χ0n) is 13.0. The molecule has 0 amide bonds. The van der Waals surface area contributed by atoms with Crippen LogP contribution < -0.4 is 10.1 Å². The van der Waals surface area contributed by atoms with E-state index in [9.17, 15) is 0 Å². The molecule has 0 aliphatic carbocycles. The van der Waals surface area contributed by atoms with Crippen molar-refractivity contribution in [2.24, 2.45) is 0 Å². The summed E-state index contributed by atoms with van der Waals surface area (Å²) in [6.45, 7) is 7.11.